The number of amides is 1. The molecule has 1 N–H and O–H groups in total. The Bertz CT molecular complexity index is 625. The summed E-state index contributed by atoms with van der Waals surface area (Å²) in [6, 6.07) is 12.1. The van der Waals surface area contributed by atoms with Gasteiger partial charge >= 0.3 is 0 Å². The lowest BCUT2D eigenvalue weighted by atomic mass is 10.1. The van der Waals surface area contributed by atoms with Crippen LogP contribution < -0.4 is 5.32 Å². The molecule has 1 atom stereocenters. The fraction of sp³-hybridized carbons (Fsp3) is 0.188. The third-order valence-corrected chi connectivity index (χ3v) is 3.59. The second-order valence-electron chi connectivity index (χ2n) is 4.73. The van der Waals surface area contributed by atoms with Crippen LogP contribution in [0.15, 0.2) is 46.9 Å². The molecule has 4 heteroatoms. The summed E-state index contributed by atoms with van der Waals surface area (Å²) < 4.78 is 14.3. The molecule has 1 amide bonds. The van der Waals surface area contributed by atoms with Crippen LogP contribution in [-0.2, 0) is 0 Å². The average Bonchev–Trinajstić information content (AvgIpc) is 2.39. The zero-order chi connectivity index (χ0) is 14.7. The minimum atomic E-state index is -0.534. The molecule has 20 heavy (non-hydrogen) atoms. The lowest BCUT2D eigenvalue weighted by molar-refractivity contribution is 0.0936. The van der Waals surface area contributed by atoms with Gasteiger partial charge in [0.1, 0.15) is 5.82 Å². The summed E-state index contributed by atoms with van der Waals surface area (Å²) in [5.74, 6) is -0.948. The maximum absolute atomic E-state index is 13.7. The number of hydrogen-bond donors (Lipinski definition) is 1. The molecule has 2 aromatic carbocycles. The van der Waals surface area contributed by atoms with Crippen molar-refractivity contribution in [2.45, 2.75) is 19.9 Å². The van der Waals surface area contributed by atoms with E-state index in [4.69, 9.17) is 0 Å². The molecule has 0 bridgehead atoms. The molecule has 0 radical (unpaired) electrons. The molecule has 104 valence electrons. The van der Waals surface area contributed by atoms with Crippen molar-refractivity contribution < 1.29 is 9.18 Å². The quantitative estimate of drug-likeness (QED) is 0.885. The van der Waals surface area contributed by atoms with Crippen LogP contribution >= 0.6 is 15.9 Å². The van der Waals surface area contributed by atoms with Gasteiger partial charge in [0.2, 0.25) is 0 Å². The van der Waals surface area contributed by atoms with Crippen molar-refractivity contribution in [2.24, 2.45) is 0 Å². The predicted molar refractivity (Wildman–Crippen MR) is 81.2 cm³/mol. The molecule has 2 nitrogen and oxygen atoms in total. The maximum atomic E-state index is 13.7. The number of hydrogen-bond acceptors (Lipinski definition) is 1. The summed E-state index contributed by atoms with van der Waals surface area (Å²) >= 11 is 3.17. The SMILES string of the molecule is Cc1ccc(C(C)NC(=O)c2ccc(Br)cc2F)cc1. The molecule has 0 saturated heterocycles. The van der Waals surface area contributed by atoms with Crippen molar-refractivity contribution in [2.75, 3.05) is 0 Å². The molecular formula is C16H15BrFNO. The summed E-state index contributed by atoms with van der Waals surface area (Å²) in [5, 5.41) is 2.80. The number of aryl methyl sites for hydroxylation is 1. The highest BCUT2D eigenvalue weighted by Crippen LogP contribution is 2.17. The van der Waals surface area contributed by atoms with E-state index in [0.29, 0.717) is 4.47 Å². The highest BCUT2D eigenvalue weighted by molar-refractivity contribution is 9.10. The fourth-order valence-electron chi connectivity index (χ4n) is 1.89. The van der Waals surface area contributed by atoms with E-state index in [2.05, 4.69) is 21.2 Å². The number of carbonyl (C=O) groups excluding carboxylic acids is 1. The van der Waals surface area contributed by atoms with E-state index >= 15 is 0 Å². The Morgan fingerprint density at radius 3 is 2.45 bits per heavy atom. The summed E-state index contributed by atoms with van der Waals surface area (Å²) in [4.78, 5) is 12.1. The first-order valence-electron chi connectivity index (χ1n) is 6.30. The van der Waals surface area contributed by atoms with Crippen LogP contribution in [0.3, 0.4) is 0 Å². The minimum Gasteiger partial charge on any atom is -0.345 e. The molecular weight excluding hydrogens is 321 g/mol. The van der Waals surface area contributed by atoms with E-state index < -0.39 is 11.7 Å². The Kier molecular flexibility index (Phi) is 4.55. The van der Waals surface area contributed by atoms with Gasteiger partial charge in [0.15, 0.2) is 0 Å². The zero-order valence-corrected chi connectivity index (χ0v) is 12.9. The first-order valence-corrected chi connectivity index (χ1v) is 7.09. The maximum Gasteiger partial charge on any atom is 0.254 e. The first-order chi connectivity index (χ1) is 9.47. The Hall–Kier alpha value is -1.68. The molecule has 0 aromatic heterocycles. The molecule has 2 aromatic rings. The Labute approximate surface area is 126 Å². The molecule has 2 rings (SSSR count). The predicted octanol–water partition coefficient (Wildman–Crippen LogP) is 4.39. The van der Waals surface area contributed by atoms with Crippen LogP contribution in [0.4, 0.5) is 4.39 Å². The Morgan fingerprint density at radius 1 is 1.20 bits per heavy atom. The largest absolute Gasteiger partial charge is 0.345 e. The molecule has 0 aliphatic carbocycles. The van der Waals surface area contributed by atoms with Gasteiger partial charge in [-0.05, 0) is 37.6 Å². The van der Waals surface area contributed by atoms with E-state index in [0.717, 1.165) is 11.1 Å². The number of benzene rings is 2. The van der Waals surface area contributed by atoms with Crippen molar-refractivity contribution >= 4 is 21.8 Å². The molecule has 0 heterocycles. The lowest BCUT2D eigenvalue weighted by Gasteiger charge is -2.15. The van der Waals surface area contributed by atoms with Crippen LogP contribution in [0.1, 0.15) is 34.5 Å². The topological polar surface area (TPSA) is 29.1 Å². The van der Waals surface area contributed by atoms with Gasteiger partial charge in [-0.15, -0.1) is 0 Å². The van der Waals surface area contributed by atoms with Crippen molar-refractivity contribution in [3.63, 3.8) is 0 Å². The van der Waals surface area contributed by atoms with Gasteiger partial charge in [-0.2, -0.15) is 0 Å². The van der Waals surface area contributed by atoms with Gasteiger partial charge in [0.25, 0.3) is 5.91 Å². The molecule has 0 aliphatic rings. The van der Waals surface area contributed by atoms with Gasteiger partial charge < -0.3 is 5.32 Å². The third-order valence-electron chi connectivity index (χ3n) is 3.10. The smallest absolute Gasteiger partial charge is 0.254 e. The first kappa shape index (κ1) is 14.7. The van der Waals surface area contributed by atoms with Crippen LogP contribution in [-0.4, -0.2) is 5.91 Å². The van der Waals surface area contributed by atoms with Gasteiger partial charge in [-0.1, -0.05) is 45.8 Å². The van der Waals surface area contributed by atoms with E-state index in [1.807, 2.05) is 38.1 Å². The van der Waals surface area contributed by atoms with Crippen LogP contribution in [0, 0.1) is 12.7 Å². The van der Waals surface area contributed by atoms with Crippen molar-refractivity contribution in [1.29, 1.82) is 0 Å². The molecule has 1 unspecified atom stereocenters. The van der Waals surface area contributed by atoms with Crippen LogP contribution in [0.2, 0.25) is 0 Å². The van der Waals surface area contributed by atoms with Crippen LogP contribution in [0.5, 0.6) is 0 Å². The number of halogens is 2. The molecule has 0 spiro atoms. The number of carbonyl (C=O) groups is 1. The second-order valence-corrected chi connectivity index (χ2v) is 5.65. The molecule has 0 saturated carbocycles. The molecule has 0 fully saturated rings. The Balaban J connectivity index is 2.13. The summed E-state index contributed by atoms with van der Waals surface area (Å²) in [6.45, 7) is 3.88. The van der Waals surface area contributed by atoms with E-state index in [-0.39, 0.29) is 11.6 Å². The summed E-state index contributed by atoms with van der Waals surface area (Å²) in [6.07, 6.45) is 0. The van der Waals surface area contributed by atoms with E-state index in [1.54, 1.807) is 6.07 Å². The lowest BCUT2D eigenvalue weighted by Crippen LogP contribution is -2.27. The highest BCUT2D eigenvalue weighted by Gasteiger charge is 2.15. The number of rotatable bonds is 3. The minimum absolute atomic E-state index is 0.0483. The summed E-state index contributed by atoms with van der Waals surface area (Å²) in [7, 11) is 0. The standard InChI is InChI=1S/C16H15BrFNO/c1-10-3-5-12(6-4-10)11(2)19-16(20)14-8-7-13(17)9-15(14)18/h3-9,11H,1-2H3,(H,19,20). The Morgan fingerprint density at radius 2 is 1.85 bits per heavy atom. The van der Waals surface area contributed by atoms with Gasteiger partial charge in [0.05, 0.1) is 11.6 Å². The van der Waals surface area contributed by atoms with E-state index in [1.165, 1.54) is 12.1 Å². The monoisotopic (exact) mass is 335 g/mol. The number of nitrogens with one attached hydrogen (secondary N) is 1. The van der Waals surface area contributed by atoms with Gasteiger partial charge in [-0.3, -0.25) is 4.79 Å². The fourth-order valence-corrected chi connectivity index (χ4v) is 2.22. The van der Waals surface area contributed by atoms with Crippen LogP contribution in [0.25, 0.3) is 0 Å². The molecule has 0 aliphatic heterocycles. The van der Waals surface area contributed by atoms with Gasteiger partial charge in [-0.25, -0.2) is 4.39 Å². The average molecular weight is 336 g/mol. The zero-order valence-electron chi connectivity index (χ0n) is 11.3. The highest BCUT2D eigenvalue weighted by atomic mass is 79.9. The summed E-state index contributed by atoms with van der Waals surface area (Å²) in [5.41, 5.74) is 2.19. The van der Waals surface area contributed by atoms with Crippen molar-refractivity contribution in [3.8, 4) is 0 Å². The van der Waals surface area contributed by atoms with E-state index in [9.17, 15) is 9.18 Å². The normalized spacial score (nSPS) is 12.0. The van der Waals surface area contributed by atoms with Crippen molar-refractivity contribution in [1.82, 2.24) is 5.32 Å². The van der Waals surface area contributed by atoms with Gasteiger partial charge in [0, 0.05) is 4.47 Å². The second kappa shape index (κ2) is 6.18. The third kappa shape index (κ3) is 3.45. The van der Waals surface area contributed by atoms with Crippen molar-refractivity contribution in [3.05, 3.63) is 69.4 Å².